The SMILES string of the molecule is CCCC[S][Ge]([CH2]CCC)([CH2]CCC)[S]CCCC. The minimum atomic E-state index is -1.64. The van der Waals surface area contributed by atoms with Gasteiger partial charge in [-0.15, -0.1) is 0 Å². The van der Waals surface area contributed by atoms with Gasteiger partial charge in [0.05, 0.1) is 0 Å². The van der Waals surface area contributed by atoms with E-state index in [0.717, 1.165) is 0 Å². The van der Waals surface area contributed by atoms with E-state index in [1.165, 1.54) is 62.9 Å². The van der Waals surface area contributed by atoms with E-state index >= 15 is 0 Å². The fraction of sp³-hybridized carbons (Fsp3) is 1.00. The second-order valence-corrected chi connectivity index (χ2v) is 25.9. The van der Waals surface area contributed by atoms with Gasteiger partial charge in [0.2, 0.25) is 0 Å². The fourth-order valence-electron chi connectivity index (χ4n) is 2.15. The summed E-state index contributed by atoms with van der Waals surface area (Å²) in [6, 6.07) is 0. The number of hydrogen-bond donors (Lipinski definition) is 0. The van der Waals surface area contributed by atoms with E-state index < -0.39 is 11.0 Å². The maximum absolute atomic E-state index is 2.47. The Hall–Kier alpha value is 1.24. The molecule has 19 heavy (non-hydrogen) atoms. The van der Waals surface area contributed by atoms with E-state index in [4.69, 9.17) is 0 Å². The summed E-state index contributed by atoms with van der Waals surface area (Å²) >= 11 is 0. The van der Waals surface area contributed by atoms with E-state index in [0.29, 0.717) is 0 Å². The van der Waals surface area contributed by atoms with Crippen LogP contribution < -0.4 is 0 Å². The van der Waals surface area contributed by atoms with Crippen LogP contribution in [0.15, 0.2) is 0 Å². The van der Waals surface area contributed by atoms with Crippen molar-refractivity contribution in [3.63, 3.8) is 0 Å². The van der Waals surface area contributed by atoms with Crippen LogP contribution in [0.3, 0.4) is 0 Å². The third kappa shape index (κ3) is 10.6. The van der Waals surface area contributed by atoms with Gasteiger partial charge in [-0.25, -0.2) is 0 Å². The van der Waals surface area contributed by atoms with Gasteiger partial charge in [0, 0.05) is 0 Å². The molecule has 0 fully saturated rings. The normalized spacial score (nSPS) is 12.0. The molecule has 0 radical (unpaired) electrons. The quantitative estimate of drug-likeness (QED) is 0.238. The van der Waals surface area contributed by atoms with Crippen LogP contribution in [0.1, 0.15) is 79.1 Å². The predicted octanol–water partition coefficient (Wildman–Crippen LogP) is 7.10. The summed E-state index contributed by atoms with van der Waals surface area (Å²) < 4.78 is 0. The first-order valence-electron chi connectivity index (χ1n) is 8.52. The molecule has 0 aromatic rings. The van der Waals surface area contributed by atoms with Gasteiger partial charge in [0.15, 0.2) is 0 Å². The topological polar surface area (TPSA) is 0 Å². The molecule has 0 rings (SSSR count). The van der Waals surface area contributed by atoms with E-state index in [1.807, 2.05) is 0 Å². The summed E-state index contributed by atoms with van der Waals surface area (Å²) in [5, 5.41) is 3.22. The standard InChI is InChI=1S/C16H36GeS2/c1-5-9-13-17(14-10-6-2,18-15-11-7-3)19-16-12-8-4/h5-16H2,1-4H3. The Bertz CT molecular complexity index is 166. The number of rotatable bonds is 14. The Labute approximate surface area is 132 Å². The van der Waals surface area contributed by atoms with Crippen LogP contribution in [0.25, 0.3) is 0 Å². The Balaban J connectivity index is 4.44. The molecular weight excluding hydrogens is 329 g/mol. The zero-order valence-electron chi connectivity index (χ0n) is 13.8. The van der Waals surface area contributed by atoms with Crippen molar-refractivity contribution in [1.29, 1.82) is 0 Å². The summed E-state index contributed by atoms with van der Waals surface area (Å²) in [6.45, 7) is 9.38. The first-order valence-corrected chi connectivity index (χ1v) is 18.6. The van der Waals surface area contributed by atoms with E-state index in [9.17, 15) is 0 Å². The number of unbranched alkanes of at least 4 members (excludes halogenated alkanes) is 4. The average Bonchev–Trinajstić information content (AvgIpc) is 2.43. The zero-order chi connectivity index (χ0) is 14.4. The molecule has 0 spiro atoms. The van der Waals surface area contributed by atoms with Crippen molar-refractivity contribution < 1.29 is 0 Å². The fourth-order valence-corrected chi connectivity index (χ4v) is 26.2. The van der Waals surface area contributed by atoms with Gasteiger partial charge in [-0.3, -0.25) is 0 Å². The van der Waals surface area contributed by atoms with Gasteiger partial charge in [-0.2, -0.15) is 0 Å². The Morgan fingerprint density at radius 2 is 0.947 bits per heavy atom. The van der Waals surface area contributed by atoms with Crippen molar-refractivity contribution in [3.8, 4) is 0 Å². The molecule has 0 aromatic heterocycles. The molecule has 0 aliphatic rings. The molecule has 0 saturated heterocycles. The van der Waals surface area contributed by atoms with E-state index in [2.05, 4.69) is 47.9 Å². The molecule has 0 aliphatic heterocycles. The van der Waals surface area contributed by atoms with Crippen molar-refractivity contribution >= 4 is 31.2 Å². The molecule has 0 atom stereocenters. The second kappa shape index (κ2) is 14.2. The molecule has 0 unspecified atom stereocenters. The van der Waals surface area contributed by atoms with Crippen LogP contribution >= 0.6 is 20.2 Å². The second-order valence-electron chi connectivity index (χ2n) is 5.52. The van der Waals surface area contributed by atoms with Gasteiger partial charge < -0.3 is 0 Å². The Kier molecular flexibility index (Phi) is 15.1. The molecule has 0 N–H and O–H groups in total. The van der Waals surface area contributed by atoms with Gasteiger partial charge in [-0.1, -0.05) is 0 Å². The van der Waals surface area contributed by atoms with Crippen LogP contribution in [-0.4, -0.2) is 22.5 Å². The molecule has 0 amide bonds. The van der Waals surface area contributed by atoms with Crippen molar-refractivity contribution in [2.24, 2.45) is 0 Å². The van der Waals surface area contributed by atoms with Crippen LogP contribution in [0.2, 0.25) is 10.5 Å². The summed E-state index contributed by atoms with van der Waals surface area (Å²) in [4.78, 5) is 0. The van der Waals surface area contributed by atoms with Gasteiger partial charge in [0.25, 0.3) is 0 Å². The summed E-state index contributed by atoms with van der Waals surface area (Å²) in [5.41, 5.74) is 0. The third-order valence-corrected chi connectivity index (χ3v) is 27.4. The first-order chi connectivity index (χ1) is 9.24. The number of hydrogen-bond acceptors (Lipinski definition) is 2. The van der Waals surface area contributed by atoms with Crippen LogP contribution in [-0.2, 0) is 0 Å². The first kappa shape index (κ1) is 20.2. The Morgan fingerprint density at radius 1 is 0.579 bits per heavy atom. The van der Waals surface area contributed by atoms with E-state index in [-0.39, 0.29) is 0 Å². The maximum atomic E-state index is 2.47. The van der Waals surface area contributed by atoms with Crippen molar-refractivity contribution in [2.45, 2.75) is 89.6 Å². The average molecular weight is 365 g/mol. The zero-order valence-corrected chi connectivity index (χ0v) is 17.5. The monoisotopic (exact) mass is 366 g/mol. The molecule has 0 bridgehead atoms. The Morgan fingerprint density at radius 3 is 1.26 bits per heavy atom. The molecule has 3 heteroatoms. The van der Waals surface area contributed by atoms with Gasteiger partial charge >= 0.3 is 132 Å². The van der Waals surface area contributed by atoms with Gasteiger partial charge in [0.1, 0.15) is 0 Å². The molecule has 0 aliphatic carbocycles. The minimum absolute atomic E-state index is 1.37. The molecule has 0 heterocycles. The third-order valence-electron chi connectivity index (χ3n) is 3.55. The van der Waals surface area contributed by atoms with Crippen LogP contribution in [0.5, 0.6) is 0 Å². The predicted molar refractivity (Wildman–Crippen MR) is 99.9 cm³/mol. The summed E-state index contributed by atoms with van der Waals surface area (Å²) in [6.07, 6.45) is 11.4. The van der Waals surface area contributed by atoms with Crippen molar-refractivity contribution in [3.05, 3.63) is 0 Å². The van der Waals surface area contributed by atoms with E-state index in [1.54, 1.807) is 10.5 Å². The summed E-state index contributed by atoms with van der Waals surface area (Å²) in [5.74, 6) is 2.89. The molecule has 0 nitrogen and oxygen atoms in total. The molecular formula is C16H36GeS2. The molecule has 0 aromatic carbocycles. The van der Waals surface area contributed by atoms with Crippen molar-refractivity contribution in [1.82, 2.24) is 0 Å². The van der Waals surface area contributed by atoms with Crippen LogP contribution in [0, 0.1) is 0 Å². The molecule has 0 saturated carbocycles. The molecule has 116 valence electrons. The summed E-state index contributed by atoms with van der Waals surface area (Å²) in [7, 11) is 3.30. The van der Waals surface area contributed by atoms with Crippen LogP contribution in [0.4, 0.5) is 0 Å². The van der Waals surface area contributed by atoms with Gasteiger partial charge in [-0.05, 0) is 0 Å². The van der Waals surface area contributed by atoms with Crippen molar-refractivity contribution in [2.75, 3.05) is 11.5 Å².